The second-order valence-electron chi connectivity index (χ2n) is 6.76. The number of nitrogens with one attached hydrogen (secondary N) is 2. The molecular formula is C17H34N4OS. The monoisotopic (exact) mass is 342 g/mol. The first-order chi connectivity index (χ1) is 11.2. The van der Waals surface area contributed by atoms with Gasteiger partial charge >= 0.3 is 0 Å². The largest absolute Gasteiger partial charge is 0.387 e. The molecule has 0 radical (unpaired) electrons. The Bertz CT molecular complexity index is 351. The lowest BCUT2D eigenvalue weighted by molar-refractivity contribution is 0.0778. The second kappa shape index (κ2) is 10.4. The molecule has 2 fully saturated rings. The highest BCUT2D eigenvalue weighted by Crippen LogP contribution is 2.27. The summed E-state index contributed by atoms with van der Waals surface area (Å²) in [5, 5.41) is 17.1. The first kappa shape index (κ1) is 18.9. The first-order valence-corrected chi connectivity index (χ1v) is 10.4. The van der Waals surface area contributed by atoms with E-state index in [0.29, 0.717) is 6.54 Å². The minimum atomic E-state index is -0.598. The molecule has 3 N–H and O–H groups in total. The summed E-state index contributed by atoms with van der Waals surface area (Å²) in [5.74, 6) is 2.70. The van der Waals surface area contributed by atoms with Crippen LogP contribution in [0.2, 0.25) is 0 Å². The van der Waals surface area contributed by atoms with E-state index in [4.69, 9.17) is 0 Å². The van der Waals surface area contributed by atoms with Gasteiger partial charge in [-0.3, -0.25) is 4.99 Å². The Balaban J connectivity index is 1.67. The van der Waals surface area contributed by atoms with Crippen molar-refractivity contribution >= 4 is 17.7 Å². The van der Waals surface area contributed by atoms with Crippen molar-refractivity contribution in [2.24, 2.45) is 4.99 Å². The summed E-state index contributed by atoms with van der Waals surface area (Å²) in [4.78, 5) is 7.18. The second-order valence-corrected chi connectivity index (χ2v) is 7.86. The minimum absolute atomic E-state index is 0.501. The van der Waals surface area contributed by atoms with Gasteiger partial charge in [0.25, 0.3) is 0 Å². The van der Waals surface area contributed by atoms with Crippen LogP contribution in [-0.2, 0) is 0 Å². The highest BCUT2D eigenvalue weighted by Gasteiger charge is 2.31. The summed E-state index contributed by atoms with van der Waals surface area (Å²) in [6, 6.07) is 0. The van der Waals surface area contributed by atoms with Gasteiger partial charge in [-0.1, -0.05) is 12.8 Å². The van der Waals surface area contributed by atoms with Crippen LogP contribution >= 0.6 is 11.8 Å². The lowest BCUT2D eigenvalue weighted by atomic mass is 10.1. The van der Waals surface area contributed by atoms with E-state index in [9.17, 15) is 5.11 Å². The van der Waals surface area contributed by atoms with Gasteiger partial charge in [-0.25, -0.2) is 0 Å². The number of nitrogens with zero attached hydrogens (tertiary/aromatic N) is 2. The third kappa shape index (κ3) is 7.31. The summed E-state index contributed by atoms with van der Waals surface area (Å²) < 4.78 is 0. The Morgan fingerprint density at radius 3 is 2.65 bits per heavy atom. The number of guanidine groups is 1. The van der Waals surface area contributed by atoms with Crippen LogP contribution in [0.5, 0.6) is 0 Å². The Morgan fingerprint density at radius 1 is 1.22 bits per heavy atom. The fraction of sp³-hybridized carbons (Fsp3) is 0.941. The molecule has 5 nitrogen and oxygen atoms in total. The van der Waals surface area contributed by atoms with Crippen LogP contribution in [0.15, 0.2) is 4.99 Å². The van der Waals surface area contributed by atoms with Crippen molar-refractivity contribution in [3.8, 4) is 0 Å². The molecule has 0 aromatic heterocycles. The fourth-order valence-corrected chi connectivity index (χ4v) is 4.44. The maximum absolute atomic E-state index is 10.4. The predicted molar refractivity (Wildman–Crippen MR) is 100 cm³/mol. The Hall–Kier alpha value is -0.460. The highest BCUT2D eigenvalue weighted by molar-refractivity contribution is 7.99. The van der Waals surface area contributed by atoms with Gasteiger partial charge in [0.1, 0.15) is 0 Å². The smallest absolute Gasteiger partial charge is 0.191 e. The van der Waals surface area contributed by atoms with Gasteiger partial charge in [0, 0.05) is 18.8 Å². The standard InChI is InChI=1S/C17H34N4OS/c1-2-18-16(20-14-17(22)8-13-23-15-17)19-9-7-12-21-10-5-3-4-6-11-21/h22H,2-15H2,1H3,(H2,18,19,20). The molecule has 2 rings (SSSR count). The van der Waals surface area contributed by atoms with Crippen molar-refractivity contribution in [1.29, 1.82) is 0 Å². The number of hydrogen-bond donors (Lipinski definition) is 3. The van der Waals surface area contributed by atoms with Gasteiger partial charge in [0.15, 0.2) is 5.96 Å². The molecule has 2 aliphatic heterocycles. The minimum Gasteiger partial charge on any atom is -0.387 e. The summed E-state index contributed by atoms with van der Waals surface area (Å²) in [6.45, 7) is 8.07. The normalized spacial score (nSPS) is 27.0. The molecule has 2 heterocycles. The molecule has 6 heteroatoms. The van der Waals surface area contributed by atoms with Crippen LogP contribution in [0.3, 0.4) is 0 Å². The van der Waals surface area contributed by atoms with Crippen LogP contribution in [0.25, 0.3) is 0 Å². The summed E-state index contributed by atoms with van der Waals surface area (Å²) >= 11 is 1.82. The molecule has 0 aromatic carbocycles. The first-order valence-electron chi connectivity index (χ1n) is 9.26. The summed E-state index contributed by atoms with van der Waals surface area (Å²) in [5.41, 5.74) is -0.598. The number of aliphatic imine (C=N–C) groups is 1. The van der Waals surface area contributed by atoms with Crippen molar-refractivity contribution in [2.75, 3.05) is 50.8 Å². The van der Waals surface area contributed by atoms with E-state index < -0.39 is 5.60 Å². The number of aliphatic hydroxyl groups is 1. The maximum atomic E-state index is 10.4. The van der Waals surface area contributed by atoms with Crippen molar-refractivity contribution in [3.05, 3.63) is 0 Å². The molecule has 0 amide bonds. The number of rotatable bonds is 7. The van der Waals surface area contributed by atoms with E-state index in [-0.39, 0.29) is 0 Å². The third-order valence-electron chi connectivity index (χ3n) is 4.60. The van der Waals surface area contributed by atoms with E-state index >= 15 is 0 Å². The van der Waals surface area contributed by atoms with Gasteiger partial charge in [0.2, 0.25) is 0 Å². The predicted octanol–water partition coefficient (Wildman–Crippen LogP) is 1.68. The van der Waals surface area contributed by atoms with Gasteiger partial charge in [-0.15, -0.1) is 0 Å². The summed E-state index contributed by atoms with van der Waals surface area (Å²) in [7, 11) is 0. The van der Waals surface area contributed by atoms with E-state index in [2.05, 4.69) is 27.4 Å². The zero-order chi connectivity index (χ0) is 16.4. The Labute approximate surface area is 145 Å². The lowest BCUT2D eigenvalue weighted by Gasteiger charge is -2.21. The zero-order valence-corrected chi connectivity index (χ0v) is 15.5. The van der Waals surface area contributed by atoms with E-state index in [1.807, 2.05) is 11.8 Å². The SMILES string of the molecule is CCNC(=NCC1(O)CCSC1)NCCCN1CCCCCC1. The molecule has 23 heavy (non-hydrogen) atoms. The van der Waals surface area contributed by atoms with E-state index in [1.54, 1.807) is 0 Å². The van der Waals surface area contributed by atoms with Crippen molar-refractivity contribution in [2.45, 2.75) is 51.0 Å². The molecule has 1 unspecified atom stereocenters. The fourth-order valence-electron chi connectivity index (χ4n) is 3.16. The van der Waals surface area contributed by atoms with E-state index in [0.717, 1.165) is 43.4 Å². The number of likely N-dealkylation sites (tertiary alicyclic amines) is 1. The maximum Gasteiger partial charge on any atom is 0.191 e. The van der Waals surface area contributed by atoms with Gasteiger partial charge < -0.3 is 20.6 Å². The molecule has 2 saturated heterocycles. The molecule has 134 valence electrons. The van der Waals surface area contributed by atoms with Crippen LogP contribution in [0, 0.1) is 0 Å². The molecule has 1 atom stereocenters. The Morgan fingerprint density at radius 2 is 2.00 bits per heavy atom. The number of hydrogen-bond acceptors (Lipinski definition) is 4. The van der Waals surface area contributed by atoms with Crippen molar-refractivity contribution < 1.29 is 5.11 Å². The molecular weight excluding hydrogens is 308 g/mol. The average molecular weight is 343 g/mol. The quantitative estimate of drug-likeness (QED) is 0.373. The van der Waals surface area contributed by atoms with Crippen LogP contribution in [0.1, 0.15) is 45.4 Å². The van der Waals surface area contributed by atoms with E-state index in [1.165, 1.54) is 45.3 Å². The number of thioether (sulfide) groups is 1. The Kier molecular flexibility index (Phi) is 8.55. The molecule has 0 aliphatic carbocycles. The van der Waals surface area contributed by atoms with Crippen molar-refractivity contribution in [1.82, 2.24) is 15.5 Å². The molecule has 0 bridgehead atoms. The van der Waals surface area contributed by atoms with Gasteiger partial charge in [-0.05, 0) is 58.0 Å². The zero-order valence-electron chi connectivity index (χ0n) is 14.6. The lowest BCUT2D eigenvalue weighted by Crippen LogP contribution is -2.41. The molecule has 0 saturated carbocycles. The third-order valence-corrected chi connectivity index (χ3v) is 5.83. The van der Waals surface area contributed by atoms with Crippen molar-refractivity contribution in [3.63, 3.8) is 0 Å². The molecule has 2 aliphatic rings. The topological polar surface area (TPSA) is 59.9 Å². The van der Waals surface area contributed by atoms with Crippen LogP contribution < -0.4 is 10.6 Å². The average Bonchev–Trinajstić information content (AvgIpc) is 2.82. The van der Waals surface area contributed by atoms with Gasteiger partial charge in [0.05, 0.1) is 12.1 Å². The van der Waals surface area contributed by atoms with Gasteiger partial charge in [-0.2, -0.15) is 11.8 Å². The molecule has 0 spiro atoms. The summed E-state index contributed by atoms with van der Waals surface area (Å²) in [6.07, 6.45) is 7.50. The van der Waals surface area contributed by atoms with Crippen LogP contribution in [0.4, 0.5) is 0 Å². The van der Waals surface area contributed by atoms with Crippen LogP contribution in [-0.4, -0.2) is 72.3 Å². The highest BCUT2D eigenvalue weighted by atomic mass is 32.2. The molecule has 0 aromatic rings.